The zero-order valence-electron chi connectivity index (χ0n) is 12.5. The molecule has 20 heavy (non-hydrogen) atoms. The summed E-state index contributed by atoms with van der Waals surface area (Å²) < 4.78 is 0. The predicted octanol–water partition coefficient (Wildman–Crippen LogP) is 2.80. The maximum atomic E-state index is 4.24. The lowest BCUT2D eigenvalue weighted by molar-refractivity contribution is 0.745. The second kappa shape index (κ2) is 8.20. The second-order valence-corrected chi connectivity index (χ2v) is 6.47. The summed E-state index contributed by atoms with van der Waals surface area (Å²) in [5.41, 5.74) is 2.72. The van der Waals surface area contributed by atoms with Crippen LogP contribution in [0.5, 0.6) is 0 Å². The minimum Gasteiger partial charge on any atom is -0.356 e. The number of aliphatic imine (C=N–C) groups is 1. The smallest absolute Gasteiger partial charge is 0.191 e. The van der Waals surface area contributed by atoms with E-state index in [-0.39, 0.29) is 0 Å². The van der Waals surface area contributed by atoms with E-state index >= 15 is 0 Å². The standard InChI is InChI=1S/C16H25N3S/c1-13-3-5-15(6-4-13)12-20-10-9-18-16(17-2)19-11-14-7-8-14/h3-6,14H,7-12H2,1-2H3,(H2,17,18,19). The lowest BCUT2D eigenvalue weighted by atomic mass is 10.2. The summed E-state index contributed by atoms with van der Waals surface area (Å²) in [5.74, 6) is 3.99. The van der Waals surface area contributed by atoms with Crippen LogP contribution in [-0.4, -0.2) is 31.8 Å². The van der Waals surface area contributed by atoms with Crippen molar-refractivity contribution in [3.8, 4) is 0 Å². The van der Waals surface area contributed by atoms with E-state index in [1.54, 1.807) is 0 Å². The molecule has 4 heteroatoms. The number of nitrogens with one attached hydrogen (secondary N) is 2. The molecule has 0 unspecified atom stereocenters. The molecule has 0 amide bonds. The van der Waals surface area contributed by atoms with Crippen LogP contribution in [0.15, 0.2) is 29.3 Å². The van der Waals surface area contributed by atoms with Gasteiger partial charge in [0.15, 0.2) is 5.96 Å². The van der Waals surface area contributed by atoms with Crippen molar-refractivity contribution in [1.29, 1.82) is 0 Å². The van der Waals surface area contributed by atoms with Crippen molar-refractivity contribution in [3.05, 3.63) is 35.4 Å². The first-order chi connectivity index (χ1) is 9.78. The van der Waals surface area contributed by atoms with Crippen LogP contribution < -0.4 is 10.6 Å². The molecule has 1 aliphatic carbocycles. The topological polar surface area (TPSA) is 36.4 Å². The van der Waals surface area contributed by atoms with Crippen molar-refractivity contribution in [1.82, 2.24) is 10.6 Å². The van der Waals surface area contributed by atoms with Crippen LogP contribution in [0.3, 0.4) is 0 Å². The van der Waals surface area contributed by atoms with Gasteiger partial charge in [-0.25, -0.2) is 0 Å². The summed E-state index contributed by atoms with van der Waals surface area (Å²) in [6.07, 6.45) is 2.74. The van der Waals surface area contributed by atoms with Crippen LogP contribution in [0.25, 0.3) is 0 Å². The van der Waals surface area contributed by atoms with Crippen molar-refractivity contribution >= 4 is 17.7 Å². The lowest BCUT2D eigenvalue weighted by Crippen LogP contribution is -2.39. The average Bonchev–Trinajstić information content (AvgIpc) is 3.28. The molecule has 2 N–H and O–H groups in total. The van der Waals surface area contributed by atoms with Gasteiger partial charge in [-0.1, -0.05) is 29.8 Å². The molecule has 0 aromatic heterocycles. The number of rotatable bonds is 7. The van der Waals surface area contributed by atoms with Crippen molar-refractivity contribution in [2.45, 2.75) is 25.5 Å². The summed E-state index contributed by atoms with van der Waals surface area (Å²) in [7, 11) is 1.83. The Bertz CT molecular complexity index is 424. The van der Waals surface area contributed by atoms with Gasteiger partial charge >= 0.3 is 0 Å². The zero-order valence-corrected chi connectivity index (χ0v) is 13.3. The van der Waals surface area contributed by atoms with E-state index in [1.165, 1.54) is 24.0 Å². The van der Waals surface area contributed by atoms with Gasteiger partial charge in [0.25, 0.3) is 0 Å². The quantitative estimate of drug-likeness (QED) is 0.461. The molecule has 2 rings (SSSR count). The minimum absolute atomic E-state index is 0.879. The number of hydrogen-bond acceptors (Lipinski definition) is 2. The fourth-order valence-electron chi connectivity index (χ4n) is 1.90. The number of nitrogens with zero attached hydrogens (tertiary/aromatic N) is 1. The lowest BCUT2D eigenvalue weighted by Gasteiger charge is -2.11. The highest BCUT2D eigenvalue weighted by Gasteiger charge is 2.20. The van der Waals surface area contributed by atoms with Gasteiger partial charge in [0.2, 0.25) is 0 Å². The van der Waals surface area contributed by atoms with Gasteiger partial charge in [-0.2, -0.15) is 11.8 Å². The first-order valence-electron chi connectivity index (χ1n) is 7.35. The van der Waals surface area contributed by atoms with Crippen LogP contribution in [0.4, 0.5) is 0 Å². The van der Waals surface area contributed by atoms with Gasteiger partial charge in [-0.3, -0.25) is 4.99 Å². The van der Waals surface area contributed by atoms with Gasteiger partial charge in [-0.05, 0) is 31.2 Å². The number of aryl methyl sites for hydroxylation is 1. The Labute approximate surface area is 126 Å². The normalized spacial score (nSPS) is 15.2. The molecule has 1 fully saturated rings. The summed E-state index contributed by atoms with van der Waals surface area (Å²) in [5, 5.41) is 6.74. The van der Waals surface area contributed by atoms with Gasteiger partial charge in [0.1, 0.15) is 0 Å². The molecule has 1 aliphatic rings. The van der Waals surface area contributed by atoms with Crippen molar-refractivity contribution in [2.24, 2.45) is 10.9 Å². The Hall–Kier alpha value is -1.16. The van der Waals surface area contributed by atoms with E-state index in [9.17, 15) is 0 Å². The monoisotopic (exact) mass is 291 g/mol. The largest absolute Gasteiger partial charge is 0.356 e. The molecule has 110 valence electrons. The third-order valence-electron chi connectivity index (χ3n) is 3.41. The first kappa shape index (κ1) is 15.2. The Morgan fingerprint density at radius 2 is 2.00 bits per heavy atom. The molecular formula is C16H25N3S. The van der Waals surface area contributed by atoms with E-state index in [0.29, 0.717) is 0 Å². The SMILES string of the molecule is CN=C(NCCSCc1ccc(C)cc1)NCC1CC1. The van der Waals surface area contributed by atoms with Gasteiger partial charge in [0, 0.05) is 31.6 Å². The molecule has 3 nitrogen and oxygen atoms in total. The molecule has 0 saturated heterocycles. The molecule has 0 heterocycles. The van der Waals surface area contributed by atoms with Crippen LogP contribution in [-0.2, 0) is 5.75 Å². The van der Waals surface area contributed by atoms with Gasteiger partial charge < -0.3 is 10.6 Å². The summed E-state index contributed by atoms with van der Waals surface area (Å²) in [6, 6.07) is 8.79. The molecule has 0 aliphatic heterocycles. The maximum Gasteiger partial charge on any atom is 0.191 e. The highest BCUT2D eigenvalue weighted by molar-refractivity contribution is 7.98. The van der Waals surface area contributed by atoms with Crippen LogP contribution in [0, 0.1) is 12.8 Å². The second-order valence-electron chi connectivity index (χ2n) is 5.36. The highest BCUT2D eigenvalue weighted by Crippen LogP contribution is 2.27. The summed E-state index contributed by atoms with van der Waals surface area (Å²) >= 11 is 1.96. The first-order valence-corrected chi connectivity index (χ1v) is 8.51. The third kappa shape index (κ3) is 5.87. The molecule has 0 radical (unpaired) electrons. The molecule has 0 spiro atoms. The summed E-state index contributed by atoms with van der Waals surface area (Å²) in [6.45, 7) is 4.15. The third-order valence-corrected chi connectivity index (χ3v) is 4.44. The molecule has 0 atom stereocenters. The Kier molecular flexibility index (Phi) is 6.25. The highest BCUT2D eigenvalue weighted by atomic mass is 32.2. The van der Waals surface area contributed by atoms with Crippen LogP contribution >= 0.6 is 11.8 Å². The van der Waals surface area contributed by atoms with E-state index < -0.39 is 0 Å². The van der Waals surface area contributed by atoms with E-state index in [0.717, 1.165) is 36.5 Å². The van der Waals surface area contributed by atoms with E-state index in [4.69, 9.17) is 0 Å². The molecular weight excluding hydrogens is 266 g/mol. The fraction of sp³-hybridized carbons (Fsp3) is 0.562. The number of guanidine groups is 1. The Morgan fingerprint density at radius 1 is 1.25 bits per heavy atom. The molecule has 1 aromatic carbocycles. The predicted molar refractivity (Wildman–Crippen MR) is 89.4 cm³/mol. The van der Waals surface area contributed by atoms with Crippen molar-refractivity contribution in [3.63, 3.8) is 0 Å². The van der Waals surface area contributed by atoms with E-state index in [2.05, 4.69) is 46.8 Å². The fourth-order valence-corrected chi connectivity index (χ4v) is 2.72. The van der Waals surface area contributed by atoms with E-state index in [1.807, 2.05) is 18.8 Å². The molecule has 0 bridgehead atoms. The van der Waals surface area contributed by atoms with Crippen molar-refractivity contribution in [2.75, 3.05) is 25.9 Å². The van der Waals surface area contributed by atoms with Gasteiger partial charge in [0.05, 0.1) is 0 Å². The number of benzene rings is 1. The van der Waals surface area contributed by atoms with Gasteiger partial charge in [-0.15, -0.1) is 0 Å². The van der Waals surface area contributed by atoms with Crippen LogP contribution in [0.1, 0.15) is 24.0 Å². The maximum absolute atomic E-state index is 4.24. The Morgan fingerprint density at radius 3 is 2.65 bits per heavy atom. The molecule has 1 aromatic rings. The average molecular weight is 291 g/mol. The zero-order chi connectivity index (χ0) is 14.2. The Balaban J connectivity index is 1.54. The van der Waals surface area contributed by atoms with Crippen molar-refractivity contribution < 1.29 is 0 Å². The minimum atomic E-state index is 0.879. The summed E-state index contributed by atoms with van der Waals surface area (Å²) in [4.78, 5) is 4.24. The number of thioether (sulfide) groups is 1. The number of hydrogen-bond donors (Lipinski definition) is 2. The molecule has 1 saturated carbocycles. The van der Waals surface area contributed by atoms with Crippen LogP contribution in [0.2, 0.25) is 0 Å².